The van der Waals surface area contributed by atoms with Gasteiger partial charge in [0.15, 0.2) is 0 Å². The molecule has 0 radical (unpaired) electrons. The molecule has 0 fully saturated rings. The fourth-order valence-electron chi connectivity index (χ4n) is 0.958. The Hall–Kier alpha value is -1.03. The molecular weight excluding hydrogens is 176 g/mol. The van der Waals surface area contributed by atoms with Crippen LogP contribution in [0, 0.1) is 0 Å². The SMILES string of the molecule is CC(CO)c1cccc(C(F)F)n1. The first-order valence-electron chi connectivity index (χ1n) is 4.01. The van der Waals surface area contributed by atoms with E-state index in [0.29, 0.717) is 5.69 Å². The van der Waals surface area contributed by atoms with Crippen molar-refractivity contribution >= 4 is 0 Å². The Bertz CT molecular complexity index is 278. The lowest BCUT2D eigenvalue weighted by Gasteiger charge is -2.08. The molecular formula is C9H11F2NO. The van der Waals surface area contributed by atoms with Gasteiger partial charge in [0.25, 0.3) is 6.43 Å². The molecule has 1 rings (SSSR count). The molecule has 2 nitrogen and oxygen atoms in total. The Kier molecular flexibility index (Phi) is 3.31. The molecule has 0 aliphatic heterocycles. The molecule has 13 heavy (non-hydrogen) atoms. The fourth-order valence-corrected chi connectivity index (χ4v) is 0.958. The second-order valence-corrected chi connectivity index (χ2v) is 2.87. The summed E-state index contributed by atoms with van der Waals surface area (Å²) in [6.45, 7) is 1.65. The summed E-state index contributed by atoms with van der Waals surface area (Å²) in [5.41, 5.74) is 0.262. The van der Waals surface area contributed by atoms with Gasteiger partial charge in [-0.25, -0.2) is 8.78 Å². The minimum Gasteiger partial charge on any atom is -0.396 e. The number of alkyl halides is 2. The van der Waals surface area contributed by atoms with Gasteiger partial charge in [-0.05, 0) is 12.1 Å². The molecule has 0 aromatic carbocycles. The van der Waals surface area contributed by atoms with Crippen LogP contribution in [0.5, 0.6) is 0 Å². The summed E-state index contributed by atoms with van der Waals surface area (Å²) in [6, 6.07) is 4.43. The van der Waals surface area contributed by atoms with Crippen LogP contribution in [0.1, 0.15) is 30.7 Å². The van der Waals surface area contributed by atoms with Crippen molar-refractivity contribution in [3.05, 3.63) is 29.6 Å². The van der Waals surface area contributed by atoms with Gasteiger partial charge in [-0.15, -0.1) is 0 Å². The van der Waals surface area contributed by atoms with Gasteiger partial charge in [-0.1, -0.05) is 13.0 Å². The first kappa shape index (κ1) is 10.1. The van der Waals surface area contributed by atoms with Crippen LogP contribution in [0.25, 0.3) is 0 Å². The van der Waals surface area contributed by atoms with E-state index in [0.717, 1.165) is 0 Å². The average molecular weight is 187 g/mol. The molecule has 0 aliphatic carbocycles. The van der Waals surface area contributed by atoms with E-state index in [1.54, 1.807) is 13.0 Å². The van der Waals surface area contributed by atoms with Gasteiger partial charge in [0, 0.05) is 11.6 Å². The number of aromatic nitrogens is 1. The molecule has 0 bridgehead atoms. The van der Waals surface area contributed by atoms with Crippen molar-refractivity contribution in [1.82, 2.24) is 4.98 Å². The number of nitrogens with zero attached hydrogens (tertiary/aromatic N) is 1. The Morgan fingerprint density at radius 3 is 2.54 bits per heavy atom. The van der Waals surface area contributed by atoms with Crippen LogP contribution in [0.2, 0.25) is 0 Å². The van der Waals surface area contributed by atoms with Crippen LogP contribution in [0.3, 0.4) is 0 Å². The van der Waals surface area contributed by atoms with E-state index in [1.165, 1.54) is 12.1 Å². The van der Waals surface area contributed by atoms with Crippen LogP contribution in [-0.2, 0) is 0 Å². The monoisotopic (exact) mass is 187 g/mol. The van der Waals surface area contributed by atoms with Gasteiger partial charge in [-0.2, -0.15) is 0 Å². The second-order valence-electron chi connectivity index (χ2n) is 2.87. The summed E-state index contributed by atoms with van der Waals surface area (Å²) in [5.74, 6) is -0.196. The maximum atomic E-state index is 12.2. The smallest absolute Gasteiger partial charge is 0.280 e. The Balaban J connectivity index is 2.91. The number of hydrogen-bond donors (Lipinski definition) is 1. The Morgan fingerprint density at radius 1 is 1.38 bits per heavy atom. The summed E-state index contributed by atoms with van der Waals surface area (Å²) in [6.07, 6.45) is -2.55. The zero-order valence-corrected chi connectivity index (χ0v) is 7.24. The zero-order chi connectivity index (χ0) is 9.84. The summed E-state index contributed by atoms with van der Waals surface area (Å²) in [5, 5.41) is 8.79. The summed E-state index contributed by atoms with van der Waals surface area (Å²) >= 11 is 0. The summed E-state index contributed by atoms with van der Waals surface area (Å²) < 4.78 is 24.4. The van der Waals surface area contributed by atoms with Crippen molar-refractivity contribution in [1.29, 1.82) is 0 Å². The van der Waals surface area contributed by atoms with Gasteiger partial charge in [0.05, 0.1) is 6.61 Å². The van der Waals surface area contributed by atoms with Crippen molar-refractivity contribution < 1.29 is 13.9 Å². The molecule has 0 saturated heterocycles. The number of halogens is 2. The van der Waals surface area contributed by atoms with Gasteiger partial charge in [-0.3, -0.25) is 4.98 Å². The third-order valence-corrected chi connectivity index (χ3v) is 1.79. The van der Waals surface area contributed by atoms with Gasteiger partial charge in [0.1, 0.15) is 5.69 Å². The average Bonchev–Trinajstić information content (AvgIpc) is 2.17. The molecule has 1 heterocycles. The second kappa shape index (κ2) is 4.28. The number of aliphatic hydroxyl groups is 1. The number of pyridine rings is 1. The topological polar surface area (TPSA) is 33.1 Å². The van der Waals surface area contributed by atoms with Crippen LogP contribution in [0.15, 0.2) is 18.2 Å². The predicted molar refractivity (Wildman–Crippen MR) is 44.7 cm³/mol. The van der Waals surface area contributed by atoms with E-state index in [9.17, 15) is 8.78 Å². The molecule has 0 spiro atoms. The quantitative estimate of drug-likeness (QED) is 0.786. The first-order chi connectivity index (χ1) is 6.15. The van der Waals surface area contributed by atoms with Crippen LogP contribution in [0.4, 0.5) is 8.78 Å². The highest BCUT2D eigenvalue weighted by molar-refractivity contribution is 5.15. The number of rotatable bonds is 3. The molecule has 1 aromatic heterocycles. The van der Waals surface area contributed by atoms with E-state index in [-0.39, 0.29) is 18.2 Å². The molecule has 4 heteroatoms. The number of aliphatic hydroxyl groups excluding tert-OH is 1. The van der Waals surface area contributed by atoms with E-state index in [4.69, 9.17) is 5.11 Å². The highest BCUT2D eigenvalue weighted by Crippen LogP contribution is 2.19. The molecule has 1 unspecified atom stereocenters. The molecule has 1 atom stereocenters. The lowest BCUT2D eigenvalue weighted by molar-refractivity contribution is 0.145. The van der Waals surface area contributed by atoms with Crippen molar-refractivity contribution in [2.24, 2.45) is 0 Å². The molecule has 0 amide bonds. The lowest BCUT2D eigenvalue weighted by Crippen LogP contribution is -2.03. The molecule has 1 aromatic rings. The van der Waals surface area contributed by atoms with Crippen molar-refractivity contribution in [3.8, 4) is 0 Å². The van der Waals surface area contributed by atoms with E-state index >= 15 is 0 Å². The minimum atomic E-state index is -2.55. The van der Waals surface area contributed by atoms with E-state index in [1.807, 2.05) is 0 Å². The third-order valence-electron chi connectivity index (χ3n) is 1.79. The van der Waals surface area contributed by atoms with Crippen molar-refractivity contribution in [3.63, 3.8) is 0 Å². The maximum Gasteiger partial charge on any atom is 0.280 e. The minimum absolute atomic E-state index is 0.0836. The van der Waals surface area contributed by atoms with Crippen molar-refractivity contribution in [2.45, 2.75) is 19.3 Å². The Morgan fingerprint density at radius 2 is 2.00 bits per heavy atom. The molecule has 0 saturated carbocycles. The molecule has 0 aliphatic rings. The van der Waals surface area contributed by atoms with Gasteiger partial charge >= 0.3 is 0 Å². The molecule has 1 N–H and O–H groups in total. The van der Waals surface area contributed by atoms with Crippen LogP contribution < -0.4 is 0 Å². The molecule has 72 valence electrons. The Labute approximate surface area is 75.2 Å². The normalized spacial score (nSPS) is 13.3. The standard InChI is InChI=1S/C9H11F2NO/c1-6(5-13)7-3-2-4-8(12-7)9(10)11/h2-4,6,9,13H,5H2,1H3. The summed E-state index contributed by atoms with van der Waals surface area (Å²) in [7, 11) is 0. The van der Waals surface area contributed by atoms with Gasteiger partial charge < -0.3 is 5.11 Å². The highest BCUT2D eigenvalue weighted by Gasteiger charge is 2.11. The first-order valence-corrected chi connectivity index (χ1v) is 4.01. The highest BCUT2D eigenvalue weighted by atomic mass is 19.3. The van der Waals surface area contributed by atoms with Gasteiger partial charge in [0.2, 0.25) is 0 Å². The predicted octanol–water partition coefficient (Wildman–Crippen LogP) is 2.11. The van der Waals surface area contributed by atoms with Crippen LogP contribution >= 0.6 is 0 Å². The summed E-state index contributed by atoms with van der Waals surface area (Å²) in [4.78, 5) is 3.73. The number of hydrogen-bond acceptors (Lipinski definition) is 2. The maximum absolute atomic E-state index is 12.2. The van der Waals surface area contributed by atoms with E-state index in [2.05, 4.69) is 4.98 Å². The largest absolute Gasteiger partial charge is 0.396 e. The lowest BCUT2D eigenvalue weighted by atomic mass is 10.1. The third kappa shape index (κ3) is 2.45. The fraction of sp³-hybridized carbons (Fsp3) is 0.444. The van der Waals surface area contributed by atoms with Crippen molar-refractivity contribution in [2.75, 3.05) is 6.61 Å². The van der Waals surface area contributed by atoms with Crippen LogP contribution in [-0.4, -0.2) is 16.7 Å². The zero-order valence-electron chi connectivity index (χ0n) is 7.24. The van der Waals surface area contributed by atoms with E-state index < -0.39 is 6.43 Å².